The summed E-state index contributed by atoms with van der Waals surface area (Å²) in [4.78, 5) is 27.0. The van der Waals surface area contributed by atoms with Crippen molar-refractivity contribution in [3.63, 3.8) is 0 Å². The van der Waals surface area contributed by atoms with Crippen LogP contribution >= 0.6 is 0 Å². The van der Waals surface area contributed by atoms with Gasteiger partial charge >= 0.3 is 11.9 Å². The fraction of sp³-hybridized carbons (Fsp3) is 0.588. The summed E-state index contributed by atoms with van der Waals surface area (Å²) >= 11 is 0. The summed E-state index contributed by atoms with van der Waals surface area (Å²) in [5.41, 5.74) is 7.36. The van der Waals surface area contributed by atoms with Crippen LogP contribution in [-0.2, 0) is 23.8 Å². The van der Waals surface area contributed by atoms with Crippen molar-refractivity contribution >= 4 is 17.6 Å². The van der Waals surface area contributed by atoms with Crippen molar-refractivity contribution < 1.29 is 23.8 Å². The largest absolute Gasteiger partial charge is 0.458 e. The molecule has 0 bridgehead atoms. The maximum atomic E-state index is 11.5. The van der Waals surface area contributed by atoms with Crippen molar-refractivity contribution in [2.45, 2.75) is 57.5 Å². The zero-order chi connectivity index (χ0) is 17.3. The number of esters is 2. The highest BCUT2D eigenvalue weighted by Gasteiger charge is 2.49. The van der Waals surface area contributed by atoms with E-state index in [1.54, 1.807) is 18.5 Å². The maximum Gasteiger partial charge on any atom is 0.303 e. The van der Waals surface area contributed by atoms with Crippen LogP contribution in [0.1, 0.15) is 44.8 Å². The quantitative estimate of drug-likeness (QED) is 0.837. The molecule has 0 unspecified atom stereocenters. The van der Waals surface area contributed by atoms with Crippen LogP contribution < -0.4 is 5.73 Å². The van der Waals surface area contributed by atoms with Gasteiger partial charge in [0.15, 0.2) is 6.10 Å². The Morgan fingerprint density at radius 2 is 1.96 bits per heavy atom. The number of carbonyl (C=O) groups is 2. The minimum atomic E-state index is -0.585. The smallest absolute Gasteiger partial charge is 0.303 e. The minimum absolute atomic E-state index is 0.301. The van der Waals surface area contributed by atoms with Gasteiger partial charge in [0.25, 0.3) is 0 Å². The van der Waals surface area contributed by atoms with Crippen molar-refractivity contribution in [2.75, 3.05) is 5.73 Å². The lowest BCUT2D eigenvalue weighted by atomic mass is 9.91. The maximum absolute atomic E-state index is 11.5. The van der Waals surface area contributed by atoms with Crippen LogP contribution in [0.5, 0.6) is 0 Å². The second kappa shape index (κ2) is 6.76. The minimum Gasteiger partial charge on any atom is -0.458 e. The topological polar surface area (TPSA) is 101 Å². The van der Waals surface area contributed by atoms with E-state index in [4.69, 9.17) is 19.9 Å². The van der Waals surface area contributed by atoms with Crippen molar-refractivity contribution in [3.05, 3.63) is 24.0 Å². The number of rotatable bonds is 4. The lowest BCUT2D eigenvalue weighted by molar-refractivity contribution is -0.211. The van der Waals surface area contributed by atoms with E-state index in [1.807, 2.05) is 0 Å². The Morgan fingerprint density at radius 1 is 1.25 bits per heavy atom. The summed E-state index contributed by atoms with van der Waals surface area (Å²) in [5, 5.41) is 0. The highest BCUT2D eigenvalue weighted by molar-refractivity contribution is 5.67. The molecule has 3 rings (SSSR count). The molecule has 130 valence electrons. The van der Waals surface area contributed by atoms with Crippen LogP contribution in [-0.4, -0.2) is 35.2 Å². The molecule has 1 saturated heterocycles. The summed E-state index contributed by atoms with van der Waals surface area (Å²) in [6.07, 6.45) is 3.86. The third-order valence-electron chi connectivity index (χ3n) is 4.40. The Labute approximate surface area is 140 Å². The fourth-order valence-corrected chi connectivity index (χ4v) is 3.26. The molecular formula is C17H22N2O5. The molecular weight excluding hydrogens is 312 g/mol. The van der Waals surface area contributed by atoms with Gasteiger partial charge in [-0.2, -0.15) is 0 Å². The standard InChI is InChI=1S/C17H22N2O5/c1-9(20)22-15-7-14(12-5-6-19-8-13(12)18)24-16(11-3-4-11)17(15)23-10(2)21/h5-6,8,11,14-17H,3-4,7,18H2,1-2H3/t14-,15-,16-,17+/m0/s1. The molecule has 1 aromatic rings. The fourth-order valence-electron chi connectivity index (χ4n) is 3.26. The average Bonchev–Trinajstić information content (AvgIpc) is 3.33. The van der Waals surface area contributed by atoms with Gasteiger partial charge in [-0.3, -0.25) is 14.6 Å². The molecule has 1 saturated carbocycles. The summed E-state index contributed by atoms with van der Waals surface area (Å²) in [7, 11) is 0. The number of hydrogen-bond donors (Lipinski definition) is 1. The predicted molar refractivity (Wildman–Crippen MR) is 84.7 cm³/mol. The van der Waals surface area contributed by atoms with Crippen LogP contribution in [0.15, 0.2) is 18.5 Å². The van der Waals surface area contributed by atoms with Gasteiger partial charge in [0.1, 0.15) is 12.2 Å². The van der Waals surface area contributed by atoms with Gasteiger partial charge in [-0.25, -0.2) is 0 Å². The van der Waals surface area contributed by atoms with E-state index in [-0.39, 0.29) is 12.2 Å². The third-order valence-corrected chi connectivity index (χ3v) is 4.40. The first-order valence-electron chi connectivity index (χ1n) is 8.15. The van der Waals surface area contributed by atoms with Gasteiger partial charge in [-0.05, 0) is 24.8 Å². The van der Waals surface area contributed by atoms with E-state index in [0.717, 1.165) is 18.4 Å². The summed E-state index contributed by atoms with van der Waals surface area (Å²) in [6.45, 7) is 2.70. The first-order valence-corrected chi connectivity index (χ1v) is 8.15. The van der Waals surface area contributed by atoms with Crippen molar-refractivity contribution in [1.82, 2.24) is 4.98 Å². The lowest BCUT2D eigenvalue weighted by Gasteiger charge is -2.41. The van der Waals surface area contributed by atoms with Crippen molar-refractivity contribution in [2.24, 2.45) is 5.92 Å². The number of aromatic nitrogens is 1. The van der Waals surface area contributed by atoms with Gasteiger partial charge in [0, 0.05) is 32.0 Å². The first-order chi connectivity index (χ1) is 11.5. The summed E-state index contributed by atoms with van der Waals surface area (Å²) < 4.78 is 17.1. The monoisotopic (exact) mass is 334 g/mol. The van der Waals surface area contributed by atoms with Gasteiger partial charge in [0.2, 0.25) is 0 Å². The Balaban J connectivity index is 1.88. The number of nitrogens with two attached hydrogens (primary N) is 1. The van der Waals surface area contributed by atoms with Crippen LogP contribution in [0.25, 0.3) is 0 Å². The Hall–Kier alpha value is -2.15. The third kappa shape index (κ3) is 3.67. The van der Waals surface area contributed by atoms with Crippen LogP contribution in [0.4, 0.5) is 5.69 Å². The number of nitrogen functional groups attached to an aromatic ring is 1. The molecule has 1 aliphatic heterocycles. The highest BCUT2D eigenvalue weighted by Crippen LogP contribution is 2.45. The molecule has 2 aliphatic rings. The number of ether oxygens (including phenoxy) is 3. The second-order valence-corrected chi connectivity index (χ2v) is 6.39. The summed E-state index contributed by atoms with van der Waals surface area (Å²) in [5.74, 6) is -0.512. The molecule has 0 aromatic carbocycles. The number of pyridine rings is 1. The van der Waals surface area contributed by atoms with Gasteiger partial charge in [-0.15, -0.1) is 0 Å². The van der Waals surface area contributed by atoms with E-state index >= 15 is 0 Å². The molecule has 0 spiro atoms. The first kappa shape index (κ1) is 16.7. The van der Waals surface area contributed by atoms with E-state index in [2.05, 4.69) is 4.98 Å². The molecule has 0 radical (unpaired) electrons. The predicted octanol–water partition coefficient (Wildman–Crippen LogP) is 1.77. The Morgan fingerprint density at radius 3 is 2.54 bits per heavy atom. The highest BCUT2D eigenvalue weighted by atomic mass is 16.6. The zero-order valence-electron chi connectivity index (χ0n) is 13.8. The lowest BCUT2D eigenvalue weighted by Crippen LogP contribution is -2.50. The van der Waals surface area contributed by atoms with Crippen LogP contribution in [0, 0.1) is 5.92 Å². The molecule has 0 amide bonds. The molecule has 1 aliphatic carbocycles. The normalized spacial score (nSPS) is 29.8. The molecule has 24 heavy (non-hydrogen) atoms. The zero-order valence-corrected chi connectivity index (χ0v) is 13.8. The number of carbonyl (C=O) groups excluding carboxylic acids is 2. The van der Waals surface area contributed by atoms with E-state index in [1.165, 1.54) is 13.8 Å². The molecule has 4 atom stereocenters. The van der Waals surface area contributed by atoms with Crippen LogP contribution in [0.2, 0.25) is 0 Å². The van der Waals surface area contributed by atoms with E-state index < -0.39 is 24.1 Å². The SMILES string of the molecule is CC(=O)O[C@@H]1[C@@H](OC(C)=O)C[C@@H](c2ccncc2N)O[C@H]1C1CC1. The molecule has 2 heterocycles. The van der Waals surface area contributed by atoms with E-state index in [0.29, 0.717) is 18.0 Å². The number of anilines is 1. The van der Waals surface area contributed by atoms with Gasteiger partial charge in [0.05, 0.1) is 18.0 Å². The number of nitrogens with zero attached hydrogens (tertiary/aromatic N) is 1. The second-order valence-electron chi connectivity index (χ2n) is 6.39. The number of hydrogen-bond acceptors (Lipinski definition) is 7. The van der Waals surface area contributed by atoms with Crippen molar-refractivity contribution in [3.8, 4) is 0 Å². The molecule has 2 N–H and O–H groups in total. The van der Waals surface area contributed by atoms with E-state index in [9.17, 15) is 9.59 Å². The molecule has 1 aromatic heterocycles. The molecule has 2 fully saturated rings. The van der Waals surface area contributed by atoms with Gasteiger partial charge < -0.3 is 19.9 Å². The Bertz CT molecular complexity index is 631. The summed E-state index contributed by atoms with van der Waals surface area (Å²) in [6, 6.07) is 1.81. The molecule has 7 heteroatoms. The molecule has 7 nitrogen and oxygen atoms in total. The average molecular weight is 334 g/mol. The van der Waals surface area contributed by atoms with Gasteiger partial charge in [-0.1, -0.05) is 0 Å². The van der Waals surface area contributed by atoms with Crippen LogP contribution in [0.3, 0.4) is 0 Å². The Kier molecular flexibility index (Phi) is 4.71. The van der Waals surface area contributed by atoms with Crippen molar-refractivity contribution in [1.29, 1.82) is 0 Å².